The molecule has 1 unspecified atom stereocenters. The number of carbonyl (C=O) groups is 1. The van der Waals surface area contributed by atoms with Gasteiger partial charge < -0.3 is 14.8 Å². The van der Waals surface area contributed by atoms with Crippen LogP contribution < -0.4 is 10.1 Å². The first kappa shape index (κ1) is 17.4. The molecule has 0 fully saturated rings. The summed E-state index contributed by atoms with van der Waals surface area (Å²) in [6, 6.07) is 18.6. The third kappa shape index (κ3) is 5.65. The summed E-state index contributed by atoms with van der Waals surface area (Å²) < 4.78 is 11.0. The van der Waals surface area contributed by atoms with Crippen LogP contribution in [0.1, 0.15) is 24.5 Å². The summed E-state index contributed by atoms with van der Waals surface area (Å²) in [7, 11) is 0. The normalized spacial score (nSPS) is 11.2. The van der Waals surface area contributed by atoms with Gasteiger partial charge in [0, 0.05) is 6.54 Å². The van der Waals surface area contributed by atoms with Crippen LogP contribution in [0.4, 0.5) is 4.79 Å². The van der Waals surface area contributed by atoms with Crippen molar-refractivity contribution in [1.82, 2.24) is 5.32 Å². The van der Waals surface area contributed by atoms with E-state index in [9.17, 15) is 4.79 Å². The van der Waals surface area contributed by atoms with E-state index in [1.54, 1.807) is 24.3 Å². The number of nitrogens with one attached hydrogen (secondary N) is 1. The average molecular weight is 324 g/mol. The van der Waals surface area contributed by atoms with Gasteiger partial charge >= 0.3 is 6.09 Å². The second-order valence-electron chi connectivity index (χ2n) is 5.23. The lowest BCUT2D eigenvalue weighted by Gasteiger charge is -2.17. The maximum Gasteiger partial charge on any atom is 0.407 e. The Balaban J connectivity index is 1.78. The molecule has 1 N–H and O–H groups in total. The van der Waals surface area contributed by atoms with Gasteiger partial charge in [-0.05, 0) is 30.2 Å². The fraction of sp³-hybridized carbons (Fsp3) is 0.263. The van der Waals surface area contributed by atoms with E-state index in [2.05, 4.69) is 11.4 Å². The van der Waals surface area contributed by atoms with Gasteiger partial charge in [0.2, 0.25) is 0 Å². The van der Waals surface area contributed by atoms with E-state index in [-0.39, 0.29) is 12.7 Å². The lowest BCUT2D eigenvalue weighted by molar-refractivity contribution is 0.0626. The molecular weight excluding hydrogens is 304 g/mol. The van der Waals surface area contributed by atoms with Gasteiger partial charge in [-0.2, -0.15) is 5.26 Å². The number of ether oxygens (including phenoxy) is 2. The first-order chi connectivity index (χ1) is 11.7. The summed E-state index contributed by atoms with van der Waals surface area (Å²) >= 11 is 0. The van der Waals surface area contributed by atoms with Crippen molar-refractivity contribution in [3.63, 3.8) is 0 Å². The fourth-order valence-electron chi connectivity index (χ4n) is 2.04. The van der Waals surface area contributed by atoms with Crippen molar-refractivity contribution in [2.45, 2.75) is 26.0 Å². The van der Waals surface area contributed by atoms with Crippen molar-refractivity contribution in [3.8, 4) is 11.8 Å². The minimum atomic E-state index is -0.472. The third-order valence-electron chi connectivity index (χ3n) is 3.41. The summed E-state index contributed by atoms with van der Waals surface area (Å²) in [5.74, 6) is 0.584. The summed E-state index contributed by atoms with van der Waals surface area (Å²) in [4.78, 5) is 11.9. The van der Waals surface area contributed by atoms with Crippen molar-refractivity contribution < 1.29 is 14.3 Å². The zero-order chi connectivity index (χ0) is 17.2. The van der Waals surface area contributed by atoms with Crippen molar-refractivity contribution in [3.05, 3.63) is 65.7 Å². The number of nitriles is 1. The van der Waals surface area contributed by atoms with Crippen molar-refractivity contribution >= 4 is 6.09 Å². The maximum absolute atomic E-state index is 11.9. The first-order valence-electron chi connectivity index (χ1n) is 7.82. The molecule has 1 atom stereocenters. The molecular formula is C19H20N2O3. The van der Waals surface area contributed by atoms with Crippen LogP contribution >= 0.6 is 0 Å². The zero-order valence-electron chi connectivity index (χ0n) is 13.6. The predicted molar refractivity (Wildman–Crippen MR) is 90.5 cm³/mol. The molecule has 0 aromatic heterocycles. The van der Waals surface area contributed by atoms with Gasteiger partial charge in [0.15, 0.2) is 0 Å². The Morgan fingerprint density at radius 1 is 1.21 bits per heavy atom. The molecule has 0 spiro atoms. The van der Waals surface area contributed by atoms with Crippen LogP contribution in [-0.4, -0.2) is 18.8 Å². The standard InChI is InChI=1S/C19H20N2O3/c1-2-17(14-23-18-10-6-9-16(11-18)12-20)24-19(22)21-13-15-7-4-3-5-8-15/h3-11,17H,2,13-14H2,1H3,(H,21,22). The topological polar surface area (TPSA) is 71.3 Å². The van der Waals surface area contributed by atoms with Crippen LogP contribution in [-0.2, 0) is 11.3 Å². The van der Waals surface area contributed by atoms with Crippen LogP contribution in [0.3, 0.4) is 0 Å². The largest absolute Gasteiger partial charge is 0.490 e. The second-order valence-corrected chi connectivity index (χ2v) is 5.23. The minimum Gasteiger partial charge on any atom is -0.490 e. The maximum atomic E-state index is 11.9. The molecule has 24 heavy (non-hydrogen) atoms. The number of benzene rings is 2. The van der Waals surface area contributed by atoms with Gasteiger partial charge in [0.05, 0.1) is 11.6 Å². The highest BCUT2D eigenvalue weighted by Crippen LogP contribution is 2.13. The van der Waals surface area contributed by atoms with E-state index in [4.69, 9.17) is 14.7 Å². The molecule has 0 saturated carbocycles. The van der Waals surface area contributed by atoms with Gasteiger partial charge in [-0.3, -0.25) is 0 Å². The van der Waals surface area contributed by atoms with E-state index >= 15 is 0 Å². The quantitative estimate of drug-likeness (QED) is 0.844. The molecule has 0 radical (unpaired) electrons. The van der Waals surface area contributed by atoms with Crippen LogP contribution in [0.5, 0.6) is 5.75 Å². The molecule has 5 heteroatoms. The third-order valence-corrected chi connectivity index (χ3v) is 3.41. The fourth-order valence-corrected chi connectivity index (χ4v) is 2.04. The van der Waals surface area contributed by atoms with Crippen molar-refractivity contribution in [2.75, 3.05) is 6.61 Å². The van der Waals surface area contributed by atoms with Crippen molar-refractivity contribution in [2.24, 2.45) is 0 Å². The average Bonchev–Trinajstić information content (AvgIpc) is 2.64. The summed E-state index contributed by atoms with van der Waals surface area (Å²) in [5.41, 5.74) is 1.54. The van der Waals surface area contributed by atoms with E-state index in [0.29, 0.717) is 24.3 Å². The Kier molecular flexibility index (Phi) is 6.66. The van der Waals surface area contributed by atoms with Crippen LogP contribution in [0, 0.1) is 11.3 Å². The molecule has 0 saturated heterocycles. The minimum absolute atomic E-state index is 0.240. The Morgan fingerprint density at radius 3 is 2.71 bits per heavy atom. The van der Waals surface area contributed by atoms with E-state index < -0.39 is 6.09 Å². The number of nitrogens with zero attached hydrogens (tertiary/aromatic N) is 1. The number of rotatable bonds is 7. The van der Waals surface area contributed by atoms with Gasteiger partial charge in [-0.15, -0.1) is 0 Å². The number of amides is 1. The molecule has 2 aromatic rings. The first-order valence-corrected chi connectivity index (χ1v) is 7.82. The molecule has 0 aliphatic carbocycles. The zero-order valence-corrected chi connectivity index (χ0v) is 13.6. The summed E-state index contributed by atoms with van der Waals surface area (Å²) in [6.07, 6.45) is -0.192. The molecule has 124 valence electrons. The highest BCUT2D eigenvalue weighted by molar-refractivity contribution is 5.67. The highest BCUT2D eigenvalue weighted by Gasteiger charge is 2.13. The number of carbonyl (C=O) groups excluding carboxylic acids is 1. The van der Waals surface area contributed by atoms with Gasteiger partial charge in [-0.1, -0.05) is 43.3 Å². The molecule has 0 bridgehead atoms. The van der Waals surface area contributed by atoms with Crippen LogP contribution in [0.25, 0.3) is 0 Å². The molecule has 0 aliphatic rings. The second kappa shape index (κ2) is 9.21. The van der Waals surface area contributed by atoms with Crippen LogP contribution in [0.2, 0.25) is 0 Å². The lowest BCUT2D eigenvalue weighted by atomic mass is 10.2. The summed E-state index contributed by atoms with van der Waals surface area (Å²) in [6.45, 7) is 2.58. The lowest BCUT2D eigenvalue weighted by Crippen LogP contribution is -2.31. The number of hydrogen-bond acceptors (Lipinski definition) is 4. The molecule has 0 heterocycles. The van der Waals surface area contributed by atoms with Crippen molar-refractivity contribution in [1.29, 1.82) is 5.26 Å². The summed E-state index contributed by atoms with van der Waals surface area (Å²) in [5, 5.41) is 11.6. The van der Waals surface area contributed by atoms with Gasteiger partial charge in [-0.25, -0.2) is 4.79 Å². The SMILES string of the molecule is CCC(COc1cccc(C#N)c1)OC(=O)NCc1ccccc1. The van der Waals surface area contributed by atoms with Gasteiger partial charge in [0.25, 0.3) is 0 Å². The van der Waals surface area contributed by atoms with E-state index in [0.717, 1.165) is 5.56 Å². The predicted octanol–water partition coefficient (Wildman–Crippen LogP) is 3.64. The number of alkyl carbamates (subject to hydrolysis) is 1. The molecule has 0 aliphatic heterocycles. The van der Waals surface area contributed by atoms with Crippen LogP contribution in [0.15, 0.2) is 54.6 Å². The Bertz CT molecular complexity index is 695. The molecule has 2 aromatic carbocycles. The smallest absolute Gasteiger partial charge is 0.407 e. The molecule has 1 amide bonds. The van der Waals surface area contributed by atoms with E-state index in [1.165, 1.54) is 0 Å². The van der Waals surface area contributed by atoms with E-state index in [1.807, 2.05) is 37.3 Å². The van der Waals surface area contributed by atoms with Gasteiger partial charge in [0.1, 0.15) is 18.5 Å². The highest BCUT2D eigenvalue weighted by atomic mass is 16.6. The molecule has 5 nitrogen and oxygen atoms in total. The molecule has 2 rings (SSSR count). The Labute approximate surface area is 141 Å². The monoisotopic (exact) mass is 324 g/mol. The number of hydrogen-bond donors (Lipinski definition) is 1. The Morgan fingerprint density at radius 2 is 2.00 bits per heavy atom. The Hall–Kier alpha value is -3.00.